The molecular weight excluding hydrogens is 264 g/mol. The Morgan fingerprint density at radius 3 is 2.62 bits per heavy atom. The number of rotatable bonds is 7. The molecule has 0 bridgehead atoms. The van der Waals surface area contributed by atoms with E-state index in [1.165, 1.54) is 10.8 Å². The van der Waals surface area contributed by atoms with E-state index in [4.69, 9.17) is 9.47 Å². The molecule has 0 aliphatic rings. The molecule has 0 aliphatic heterocycles. The van der Waals surface area contributed by atoms with E-state index in [0.717, 1.165) is 12.0 Å². The maximum Gasteiger partial charge on any atom is 0.308 e. The summed E-state index contributed by atoms with van der Waals surface area (Å²) < 4.78 is 10.7. The molecule has 2 aromatic rings. The van der Waals surface area contributed by atoms with Gasteiger partial charge in [0.2, 0.25) is 0 Å². The van der Waals surface area contributed by atoms with Crippen LogP contribution >= 0.6 is 0 Å². The average molecular weight is 286 g/mol. The molecule has 0 saturated carbocycles. The van der Waals surface area contributed by atoms with Crippen LogP contribution in [0.3, 0.4) is 0 Å². The van der Waals surface area contributed by atoms with Crippen LogP contribution in [0.1, 0.15) is 25.8 Å². The number of carbonyl (C=O) groups is 1. The first-order valence-electron chi connectivity index (χ1n) is 7.42. The molecule has 3 heteroatoms. The fourth-order valence-corrected chi connectivity index (χ4v) is 2.03. The Hall–Kier alpha value is -1.87. The number of benzene rings is 2. The quantitative estimate of drug-likeness (QED) is 0.571. The highest BCUT2D eigenvalue weighted by Crippen LogP contribution is 2.16. The minimum Gasteiger partial charge on any atom is -0.463 e. The number of hydrogen-bond acceptors (Lipinski definition) is 3. The van der Waals surface area contributed by atoms with E-state index in [1.54, 1.807) is 0 Å². The Morgan fingerprint density at radius 1 is 1.10 bits per heavy atom. The lowest BCUT2D eigenvalue weighted by Gasteiger charge is -2.10. The third-order valence-electron chi connectivity index (χ3n) is 3.57. The van der Waals surface area contributed by atoms with Gasteiger partial charge in [-0.2, -0.15) is 0 Å². The minimum atomic E-state index is -0.146. The van der Waals surface area contributed by atoms with E-state index >= 15 is 0 Å². The fraction of sp³-hybridized carbons (Fsp3) is 0.389. The number of hydrogen-bond donors (Lipinski definition) is 0. The van der Waals surface area contributed by atoms with Gasteiger partial charge in [0.05, 0.1) is 19.1 Å². The summed E-state index contributed by atoms with van der Waals surface area (Å²) in [5.41, 5.74) is 1.13. The lowest BCUT2D eigenvalue weighted by atomic mass is 10.1. The van der Waals surface area contributed by atoms with E-state index in [-0.39, 0.29) is 11.9 Å². The van der Waals surface area contributed by atoms with Gasteiger partial charge in [-0.05, 0) is 28.8 Å². The van der Waals surface area contributed by atoms with Gasteiger partial charge in [-0.15, -0.1) is 0 Å². The molecule has 0 N–H and O–H groups in total. The van der Waals surface area contributed by atoms with Crippen LogP contribution in [-0.4, -0.2) is 19.2 Å². The van der Waals surface area contributed by atoms with Gasteiger partial charge in [0.1, 0.15) is 6.61 Å². The molecule has 112 valence electrons. The molecule has 0 aromatic heterocycles. The predicted octanol–water partition coefficient (Wildman–Crippen LogP) is 3.95. The second kappa shape index (κ2) is 7.79. The summed E-state index contributed by atoms with van der Waals surface area (Å²) in [5.74, 6) is -0.183. The van der Waals surface area contributed by atoms with E-state index in [9.17, 15) is 4.79 Å². The Labute approximate surface area is 125 Å². The standard InChI is InChI=1S/C18H22O3/c1-3-14(2)18(19)21-11-10-20-13-15-8-9-16-6-4-5-7-17(16)12-15/h4-9,12,14H,3,10-11,13H2,1-2H3. The van der Waals surface area contributed by atoms with Gasteiger partial charge in [-0.1, -0.05) is 50.2 Å². The van der Waals surface area contributed by atoms with Crippen LogP contribution in [0.25, 0.3) is 10.8 Å². The minimum absolute atomic E-state index is 0.0366. The van der Waals surface area contributed by atoms with Crippen LogP contribution in [0.4, 0.5) is 0 Å². The van der Waals surface area contributed by atoms with Crippen molar-refractivity contribution in [2.45, 2.75) is 26.9 Å². The molecule has 1 unspecified atom stereocenters. The van der Waals surface area contributed by atoms with Gasteiger partial charge in [-0.3, -0.25) is 4.79 Å². The smallest absolute Gasteiger partial charge is 0.308 e. The highest BCUT2D eigenvalue weighted by molar-refractivity contribution is 5.82. The van der Waals surface area contributed by atoms with Crippen molar-refractivity contribution in [3.05, 3.63) is 48.0 Å². The maximum absolute atomic E-state index is 11.5. The van der Waals surface area contributed by atoms with Crippen molar-refractivity contribution in [3.63, 3.8) is 0 Å². The van der Waals surface area contributed by atoms with Gasteiger partial charge < -0.3 is 9.47 Å². The Bertz CT molecular complexity index is 592. The topological polar surface area (TPSA) is 35.5 Å². The number of carbonyl (C=O) groups excluding carboxylic acids is 1. The molecule has 21 heavy (non-hydrogen) atoms. The van der Waals surface area contributed by atoms with Crippen molar-refractivity contribution in [1.82, 2.24) is 0 Å². The molecule has 0 fully saturated rings. The molecular formula is C18H22O3. The molecule has 0 saturated heterocycles. The number of esters is 1. The van der Waals surface area contributed by atoms with Crippen molar-refractivity contribution in [2.24, 2.45) is 5.92 Å². The maximum atomic E-state index is 11.5. The molecule has 0 heterocycles. The van der Waals surface area contributed by atoms with Crippen LogP contribution in [0.15, 0.2) is 42.5 Å². The lowest BCUT2D eigenvalue weighted by Crippen LogP contribution is -2.16. The predicted molar refractivity (Wildman–Crippen MR) is 84.0 cm³/mol. The van der Waals surface area contributed by atoms with Crippen LogP contribution in [0.5, 0.6) is 0 Å². The summed E-state index contributed by atoms with van der Waals surface area (Å²) in [6, 6.07) is 14.5. The second-order valence-corrected chi connectivity index (χ2v) is 5.21. The van der Waals surface area contributed by atoms with Crippen molar-refractivity contribution in [3.8, 4) is 0 Å². The van der Waals surface area contributed by atoms with E-state index in [1.807, 2.05) is 26.0 Å². The Balaban J connectivity index is 1.74. The average Bonchev–Trinajstić information content (AvgIpc) is 2.53. The molecule has 0 amide bonds. The van der Waals surface area contributed by atoms with Gasteiger partial charge in [0, 0.05) is 0 Å². The summed E-state index contributed by atoms with van der Waals surface area (Å²) in [5, 5.41) is 2.44. The van der Waals surface area contributed by atoms with E-state index in [2.05, 4.69) is 30.3 Å². The fourth-order valence-electron chi connectivity index (χ4n) is 2.03. The SMILES string of the molecule is CCC(C)C(=O)OCCOCc1ccc2ccccc2c1. The Morgan fingerprint density at radius 2 is 1.86 bits per heavy atom. The monoisotopic (exact) mass is 286 g/mol. The van der Waals surface area contributed by atoms with Crippen molar-refractivity contribution in [2.75, 3.05) is 13.2 Å². The summed E-state index contributed by atoms with van der Waals surface area (Å²) in [6.07, 6.45) is 0.802. The van der Waals surface area contributed by atoms with Gasteiger partial charge in [-0.25, -0.2) is 0 Å². The highest BCUT2D eigenvalue weighted by Gasteiger charge is 2.11. The highest BCUT2D eigenvalue weighted by atomic mass is 16.6. The van der Waals surface area contributed by atoms with Crippen molar-refractivity contribution >= 4 is 16.7 Å². The molecule has 0 radical (unpaired) electrons. The summed E-state index contributed by atoms with van der Waals surface area (Å²) in [4.78, 5) is 11.5. The Kier molecular flexibility index (Phi) is 5.76. The van der Waals surface area contributed by atoms with Crippen LogP contribution in [0.2, 0.25) is 0 Å². The van der Waals surface area contributed by atoms with E-state index < -0.39 is 0 Å². The summed E-state index contributed by atoms with van der Waals surface area (Å²) in [7, 11) is 0. The van der Waals surface area contributed by atoms with Gasteiger partial charge >= 0.3 is 5.97 Å². The zero-order chi connectivity index (χ0) is 15.1. The first-order valence-corrected chi connectivity index (χ1v) is 7.42. The van der Waals surface area contributed by atoms with E-state index in [0.29, 0.717) is 19.8 Å². The van der Waals surface area contributed by atoms with Gasteiger partial charge in [0.25, 0.3) is 0 Å². The summed E-state index contributed by atoms with van der Waals surface area (Å²) in [6.45, 7) is 5.12. The van der Waals surface area contributed by atoms with Crippen molar-refractivity contribution in [1.29, 1.82) is 0 Å². The molecule has 0 spiro atoms. The third-order valence-corrected chi connectivity index (χ3v) is 3.57. The normalized spacial score (nSPS) is 12.3. The van der Waals surface area contributed by atoms with Gasteiger partial charge in [0.15, 0.2) is 0 Å². The molecule has 0 aliphatic carbocycles. The number of ether oxygens (including phenoxy) is 2. The zero-order valence-electron chi connectivity index (χ0n) is 12.7. The van der Waals surface area contributed by atoms with Crippen molar-refractivity contribution < 1.29 is 14.3 Å². The molecule has 2 rings (SSSR count). The summed E-state index contributed by atoms with van der Waals surface area (Å²) >= 11 is 0. The van der Waals surface area contributed by atoms with Crippen LogP contribution in [0, 0.1) is 5.92 Å². The number of fused-ring (bicyclic) bond motifs is 1. The first kappa shape index (κ1) is 15.5. The first-order chi connectivity index (χ1) is 10.2. The third kappa shape index (κ3) is 4.57. The molecule has 3 nitrogen and oxygen atoms in total. The molecule has 1 atom stereocenters. The van der Waals surface area contributed by atoms with Crippen LogP contribution < -0.4 is 0 Å². The lowest BCUT2D eigenvalue weighted by molar-refractivity contribution is -0.149. The molecule has 2 aromatic carbocycles. The zero-order valence-corrected chi connectivity index (χ0v) is 12.7. The second-order valence-electron chi connectivity index (χ2n) is 5.21. The largest absolute Gasteiger partial charge is 0.463 e. The van der Waals surface area contributed by atoms with Crippen LogP contribution in [-0.2, 0) is 20.9 Å².